The van der Waals surface area contributed by atoms with Gasteiger partial charge in [-0.2, -0.15) is 0 Å². The monoisotopic (exact) mass is 414 g/mol. The van der Waals surface area contributed by atoms with Gasteiger partial charge in [0, 0.05) is 29.2 Å². The maximum atomic E-state index is 14.5. The van der Waals surface area contributed by atoms with E-state index in [1.54, 1.807) is 24.5 Å². The van der Waals surface area contributed by atoms with Gasteiger partial charge in [-0.1, -0.05) is 13.0 Å². The van der Waals surface area contributed by atoms with Gasteiger partial charge >= 0.3 is 0 Å². The normalized spacial score (nSPS) is 22.8. The maximum Gasteiger partial charge on any atom is 0.165 e. The Labute approximate surface area is 174 Å². The Kier molecular flexibility index (Phi) is 5.69. The van der Waals surface area contributed by atoms with E-state index < -0.39 is 22.9 Å². The fraction of sp³-hybridized carbons (Fsp3) is 0.375. The average molecular weight is 414 g/mol. The highest BCUT2D eigenvalue weighted by Crippen LogP contribution is 2.44. The highest BCUT2D eigenvalue weighted by atomic mass is 19.2. The van der Waals surface area contributed by atoms with E-state index in [0.717, 1.165) is 28.8 Å². The third kappa shape index (κ3) is 3.76. The molecule has 1 fully saturated rings. The van der Waals surface area contributed by atoms with Gasteiger partial charge in [-0.3, -0.25) is 4.98 Å². The van der Waals surface area contributed by atoms with Crippen molar-refractivity contribution in [1.82, 2.24) is 4.98 Å². The molecule has 6 heteroatoms. The highest BCUT2D eigenvalue weighted by Gasteiger charge is 2.42. The number of nitrogens with two attached hydrogens (primary N) is 1. The lowest BCUT2D eigenvalue weighted by molar-refractivity contribution is 0.0998. The van der Waals surface area contributed by atoms with Crippen LogP contribution in [-0.2, 0) is 5.41 Å². The molecular weight excluding hydrogens is 389 g/mol. The van der Waals surface area contributed by atoms with Crippen LogP contribution < -0.4 is 10.5 Å². The molecule has 2 aromatic carbocycles. The van der Waals surface area contributed by atoms with Crippen LogP contribution in [0.2, 0.25) is 0 Å². The molecule has 0 radical (unpaired) electrons. The number of hydrogen-bond donors (Lipinski definition) is 1. The summed E-state index contributed by atoms with van der Waals surface area (Å²) in [7, 11) is 0. The molecule has 0 bridgehead atoms. The van der Waals surface area contributed by atoms with Crippen LogP contribution in [-0.4, -0.2) is 17.1 Å². The van der Waals surface area contributed by atoms with E-state index in [1.807, 2.05) is 13.0 Å². The fourth-order valence-electron chi connectivity index (χ4n) is 4.65. The van der Waals surface area contributed by atoms with Gasteiger partial charge < -0.3 is 10.5 Å². The molecule has 30 heavy (non-hydrogen) atoms. The van der Waals surface area contributed by atoms with Crippen molar-refractivity contribution in [3.8, 4) is 5.75 Å². The second-order valence-corrected chi connectivity index (χ2v) is 8.12. The predicted octanol–water partition coefficient (Wildman–Crippen LogP) is 5.65. The summed E-state index contributed by atoms with van der Waals surface area (Å²) < 4.78 is 47.9. The molecule has 0 amide bonds. The van der Waals surface area contributed by atoms with Crippen LogP contribution in [0, 0.1) is 17.5 Å². The highest BCUT2D eigenvalue weighted by molar-refractivity contribution is 5.83. The number of fused-ring (bicyclic) bond motifs is 1. The Morgan fingerprint density at radius 3 is 2.50 bits per heavy atom. The standard InChI is InChI=1S/C24H25F3N2O/c1-2-23(28)24(17-3-4-19(25)20(26)13-17)8-5-18(6-9-24)30-22-12-15-7-10-29-14-16(15)11-21(22)27/h3-4,7,10-14,18,23H,2,5-6,8-9,28H2,1H3. The van der Waals surface area contributed by atoms with Gasteiger partial charge in [0.15, 0.2) is 23.2 Å². The zero-order valence-electron chi connectivity index (χ0n) is 16.9. The Bertz CT molecular complexity index is 1050. The molecule has 1 unspecified atom stereocenters. The molecule has 1 aliphatic rings. The van der Waals surface area contributed by atoms with E-state index in [4.69, 9.17) is 10.5 Å². The molecule has 1 atom stereocenters. The van der Waals surface area contributed by atoms with E-state index in [9.17, 15) is 13.2 Å². The van der Waals surface area contributed by atoms with E-state index in [2.05, 4.69) is 4.98 Å². The van der Waals surface area contributed by atoms with Crippen molar-refractivity contribution in [1.29, 1.82) is 0 Å². The summed E-state index contributed by atoms with van der Waals surface area (Å²) in [5, 5.41) is 1.58. The number of pyridine rings is 1. The molecule has 158 valence electrons. The summed E-state index contributed by atoms with van der Waals surface area (Å²) in [6.07, 6.45) is 6.46. The average Bonchev–Trinajstić information content (AvgIpc) is 2.76. The number of benzene rings is 2. The Balaban J connectivity index is 1.55. The minimum atomic E-state index is -0.863. The van der Waals surface area contributed by atoms with Crippen molar-refractivity contribution in [2.24, 2.45) is 5.73 Å². The predicted molar refractivity (Wildman–Crippen MR) is 111 cm³/mol. The molecule has 0 saturated heterocycles. The van der Waals surface area contributed by atoms with Crippen LogP contribution in [0.15, 0.2) is 48.8 Å². The van der Waals surface area contributed by atoms with Crippen LogP contribution in [0.1, 0.15) is 44.6 Å². The van der Waals surface area contributed by atoms with Gasteiger partial charge in [0.1, 0.15) is 0 Å². The third-order valence-corrected chi connectivity index (χ3v) is 6.45. The zero-order valence-corrected chi connectivity index (χ0v) is 16.9. The van der Waals surface area contributed by atoms with Crippen molar-refractivity contribution in [3.63, 3.8) is 0 Å². The topological polar surface area (TPSA) is 48.1 Å². The Morgan fingerprint density at radius 2 is 1.80 bits per heavy atom. The molecule has 1 saturated carbocycles. The van der Waals surface area contributed by atoms with Gasteiger partial charge in [0.25, 0.3) is 0 Å². The van der Waals surface area contributed by atoms with Crippen LogP contribution in [0.25, 0.3) is 10.8 Å². The van der Waals surface area contributed by atoms with E-state index in [1.165, 1.54) is 12.1 Å². The van der Waals surface area contributed by atoms with Crippen molar-refractivity contribution in [3.05, 3.63) is 71.8 Å². The van der Waals surface area contributed by atoms with E-state index >= 15 is 0 Å². The quantitative estimate of drug-likeness (QED) is 0.587. The molecule has 0 spiro atoms. The summed E-state index contributed by atoms with van der Waals surface area (Å²) in [6.45, 7) is 1.99. The summed E-state index contributed by atoms with van der Waals surface area (Å²) in [4.78, 5) is 4.01. The van der Waals surface area contributed by atoms with Crippen LogP contribution >= 0.6 is 0 Å². The molecule has 3 aromatic rings. The smallest absolute Gasteiger partial charge is 0.165 e. The molecule has 1 aliphatic carbocycles. The van der Waals surface area contributed by atoms with Gasteiger partial charge in [0.05, 0.1) is 6.10 Å². The first-order valence-corrected chi connectivity index (χ1v) is 10.3. The molecule has 1 heterocycles. The lowest BCUT2D eigenvalue weighted by Crippen LogP contribution is -2.49. The summed E-state index contributed by atoms with van der Waals surface area (Å²) in [5.41, 5.74) is 6.74. The lowest BCUT2D eigenvalue weighted by Gasteiger charge is -2.44. The van der Waals surface area contributed by atoms with Gasteiger partial charge in [-0.15, -0.1) is 0 Å². The SMILES string of the molecule is CCC(N)C1(c2ccc(F)c(F)c2)CCC(Oc2cc3ccncc3cc2F)CC1. The Hall–Kier alpha value is -2.60. The molecular formula is C24H25F3N2O. The first-order valence-electron chi connectivity index (χ1n) is 10.3. The van der Waals surface area contributed by atoms with Crippen molar-refractivity contribution >= 4 is 10.8 Å². The zero-order chi connectivity index (χ0) is 21.3. The summed E-state index contributed by atoms with van der Waals surface area (Å²) >= 11 is 0. The number of ether oxygens (including phenoxy) is 1. The third-order valence-electron chi connectivity index (χ3n) is 6.45. The number of halogens is 3. The molecule has 3 nitrogen and oxygen atoms in total. The van der Waals surface area contributed by atoms with E-state index in [-0.39, 0.29) is 17.9 Å². The lowest BCUT2D eigenvalue weighted by atomic mass is 9.64. The van der Waals surface area contributed by atoms with Gasteiger partial charge in [-0.25, -0.2) is 13.2 Å². The minimum Gasteiger partial charge on any atom is -0.487 e. The number of nitrogens with zero attached hydrogens (tertiary/aromatic N) is 1. The number of rotatable bonds is 5. The maximum absolute atomic E-state index is 14.5. The molecule has 1 aromatic heterocycles. The van der Waals surface area contributed by atoms with E-state index in [0.29, 0.717) is 25.7 Å². The number of hydrogen-bond acceptors (Lipinski definition) is 3. The molecule has 0 aliphatic heterocycles. The van der Waals surface area contributed by atoms with Crippen molar-refractivity contribution in [2.45, 2.75) is 56.6 Å². The second-order valence-electron chi connectivity index (χ2n) is 8.12. The van der Waals surface area contributed by atoms with Crippen molar-refractivity contribution < 1.29 is 17.9 Å². The molecule has 2 N–H and O–H groups in total. The summed E-state index contributed by atoms with van der Waals surface area (Å²) in [6, 6.07) is 8.82. The Morgan fingerprint density at radius 1 is 1.03 bits per heavy atom. The second kappa shape index (κ2) is 8.26. The minimum absolute atomic E-state index is 0.165. The summed E-state index contributed by atoms with van der Waals surface area (Å²) in [5.74, 6) is -1.92. The first kappa shape index (κ1) is 20.7. The fourth-order valence-corrected chi connectivity index (χ4v) is 4.65. The van der Waals surface area contributed by atoms with Gasteiger partial charge in [-0.05, 0) is 73.4 Å². The first-order chi connectivity index (χ1) is 14.4. The van der Waals surface area contributed by atoms with Crippen LogP contribution in [0.5, 0.6) is 5.75 Å². The van der Waals surface area contributed by atoms with Crippen LogP contribution in [0.4, 0.5) is 13.2 Å². The largest absolute Gasteiger partial charge is 0.487 e. The van der Waals surface area contributed by atoms with Crippen LogP contribution in [0.3, 0.4) is 0 Å². The van der Waals surface area contributed by atoms with Crippen molar-refractivity contribution in [2.75, 3.05) is 0 Å². The molecule has 4 rings (SSSR count). The number of aromatic nitrogens is 1. The van der Waals surface area contributed by atoms with Gasteiger partial charge in [0.2, 0.25) is 0 Å².